The Hall–Kier alpha value is -0.170. The Balaban J connectivity index is 1.96. The van der Waals surface area contributed by atoms with Crippen LogP contribution in [0.1, 0.15) is 12.8 Å². The lowest BCUT2D eigenvalue weighted by Gasteiger charge is -2.24. The van der Waals surface area contributed by atoms with Gasteiger partial charge in [0.25, 0.3) is 0 Å². The molecule has 6 heteroatoms. The van der Waals surface area contributed by atoms with Gasteiger partial charge in [0.05, 0.1) is 6.61 Å². The fraction of sp³-hybridized carbons (Fsp3) is 0.727. The van der Waals surface area contributed by atoms with Crippen LogP contribution in [0, 0.1) is 0 Å². The van der Waals surface area contributed by atoms with Gasteiger partial charge in [-0.25, -0.2) is 4.98 Å². The SMILES string of the molecule is COCCN(CC1CCCN1)c1nc(Br)cs1. The largest absolute Gasteiger partial charge is 0.383 e. The van der Waals surface area contributed by atoms with E-state index < -0.39 is 0 Å². The van der Waals surface area contributed by atoms with Gasteiger partial charge in [-0.15, -0.1) is 11.3 Å². The average Bonchev–Trinajstić information content (AvgIpc) is 2.95. The fourth-order valence-electron chi connectivity index (χ4n) is 2.04. The molecule has 0 aromatic carbocycles. The first-order valence-electron chi connectivity index (χ1n) is 5.88. The second-order valence-corrected chi connectivity index (χ2v) is 5.83. The zero-order valence-corrected chi connectivity index (χ0v) is 12.4. The fourth-order valence-corrected chi connectivity index (χ4v) is 3.32. The van der Waals surface area contributed by atoms with Gasteiger partial charge in [-0.05, 0) is 35.3 Å². The van der Waals surface area contributed by atoms with Crippen LogP contribution in [0.15, 0.2) is 9.98 Å². The third-order valence-electron chi connectivity index (χ3n) is 2.90. The smallest absolute Gasteiger partial charge is 0.186 e. The maximum absolute atomic E-state index is 5.17. The molecule has 1 aliphatic rings. The third-order valence-corrected chi connectivity index (χ3v) is 4.51. The lowest BCUT2D eigenvalue weighted by Crippen LogP contribution is -2.39. The van der Waals surface area contributed by atoms with E-state index in [2.05, 4.69) is 31.1 Å². The van der Waals surface area contributed by atoms with E-state index in [1.807, 2.05) is 5.38 Å². The Bertz CT molecular complexity index is 341. The van der Waals surface area contributed by atoms with Crippen molar-refractivity contribution >= 4 is 32.4 Å². The lowest BCUT2D eigenvalue weighted by molar-refractivity contribution is 0.204. The van der Waals surface area contributed by atoms with Crippen LogP contribution < -0.4 is 10.2 Å². The number of hydrogen-bond acceptors (Lipinski definition) is 5. The summed E-state index contributed by atoms with van der Waals surface area (Å²) in [6, 6.07) is 0.592. The van der Waals surface area contributed by atoms with Crippen molar-refractivity contribution < 1.29 is 4.74 Å². The van der Waals surface area contributed by atoms with Crippen LogP contribution in [0.5, 0.6) is 0 Å². The maximum atomic E-state index is 5.17. The molecule has 1 unspecified atom stereocenters. The molecule has 1 aromatic rings. The number of thiazole rings is 1. The van der Waals surface area contributed by atoms with Gasteiger partial charge in [0.2, 0.25) is 0 Å². The van der Waals surface area contributed by atoms with Crippen LogP contribution in [0.2, 0.25) is 0 Å². The Morgan fingerprint density at radius 2 is 2.59 bits per heavy atom. The van der Waals surface area contributed by atoms with Crippen molar-refractivity contribution in [2.75, 3.05) is 38.3 Å². The van der Waals surface area contributed by atoms with Crippen LogP contribution in [-0.2, 0) is 4.74 Å². The van der Waals surface area contributed by atoms with E-state index in [-0.39, 0.29) is 0 Å². The number of hydrogen-bond donors (Lipinski definition) is 1. The minimum Gasteiger partial charge on any atom is -0.383 e. The summed E-state index contributed by atoms with van der Waals surface area (Å²) in [5, 5.41) is 6.62. The van der Waals surface area contributed by atoms with Gasteiger partial charge < -0.3 is 15.0 Å². The Labute approximate surface area is 114 Å². The standard InChI is InChI=1S/C11H18BrN3OS/c1-16-6-5-15(7-9-3-2-4-13-9)11-14-10(12)8-17-11/h8-9,13H,2-7H2,1H3. The van der Waals surface area contributed by atoms with Gasteiger partial charge >= 0.3 is 0 Å². The van der Waals surface area contributed by atoms with Gasteiger partial charge in [-0.1, -0.05) is 0 Å². The number of nitrogens with one attached hydrogen (secondary N) is 1. The quantitative estimate of drug-likeness (QED) is 0.871. The number of methoxy groups -OCH3 is 1. The average molecular weight is 320 g/mol. The predicted octanol–water partition coefficient (Wildman–Crippen LogP) is 2.11. The molecule has 1 N–H and O–H groups in total. The van der Waals surface area contributed by atoms with E-state index >= 15 is 0 Å². The van der Waals surface area contributed by atoms with Crippen molar-refractivity contribution in [1.82, 2.24) is 10.3 Å². The van der Waals surface area contributed by atoms with E-state index in [1.54, 1.807) is 18.4 Å². The summed E-state index contributed by atoms with van der Waals surface area (Å²) in [6.07, 6.45) is 2.54. The van der Waals surface area contributed by atoms with Gasteiger partial charge in [0, 0.05) is 31.6 Å². The van der Waals surface area contributed by atoms with Gasteiger partial charge in [0.15, 0.2) is 5.13 Å². The van der Waals surface area contributed by atoms with E-state index in [1.165, 1.54) is 12.8 Å². The first-order chi connectivity index (χ1) is 8.29. The minimum absolute atomic E-state index is 0.592. The molecule has 1 fully saturated rings. The molecular formula is C11H18BrN3OS. The van der Waals surface area contributed by atoms with Crippen LogP contribution >= 0.6 is 27.3 Å². The van der Waals surface area contributed by atoms with Crippen LogP contribution in [0.4, 0.5) is 5.13 Å². The van der Waals surface area contributed by atoms with Crippen LogP contribution in [-0.4, -0.2) is 44.4 Å². The van der Waals surface area contributed by atoms with Crippen molar-refractivity contribution in [2.24, 2.45) is 0 Å². The highest BCUT2D eigenvalue weighted by Gasteiger charge is 2.19. The summed E-state index contributed by atoms with van der Waals surface area (Å²) in [5.74, 6) is 0. The van der Waals surface area contributed by atoms with Crippen LogP contribution in [0.3, 0.4) is 0 Å². The second kappa shape index (κ2) is 6.68. The number of rotatable bonds is 6. The lowest BCUT2D eigenvalue weighted by atomic mass is 10.2. The Morgan fingerprint density at radius 1 is 1.71 bits per heavy atom. The highest BCUT2D eigenvalue weighted by atomic mass is 79.9. The number of halogens is 1. The summed E-state index contributed by atoms with van der Waals surface area (Å²) in [7, 11) is 1.74. The summed E-state index contributed by atoms with van der Waals surface area (Å²) in [5.41, 5.74) is 0. The molecule has 4 nitrogen and oxygen atoms in total. The first kappa shape index (κ1) is 13.3. The van der Waals surface area contributed by atoms with Gasteiger partial charge in [0.1, 0.15) is 4.60 Å². The van der Waals surface area contributed by atoms with Crippen molar-refractivity contribution in [3.8, 4) is 0 Å². The van der Waals surface area contributed by atoms with Gasteiger partial charge in [-0.2, -0.15) is 0 Å². The monoisotopic (exact) mass is 319 g/mol. The molecule has 0 aliphatic carbocycles. The molecule has 1 saturated heterocycles. The van der Waals surface area contributed by atoms with E-state index in [9.17, 15) is 0 Å². The summed E-state index contributed by atoms with van der Waals surface area (Å²) >= 11 is 5.08. The van der Waals surface area contributed by atoms with Crippen molar-refractivity contribution in [1.29, 1.82) is 0 Å². The van der Waals surface area contributed by atoms with E-state index in [0.717, 1.165) is 36.0 Å². The molecule has 0 radical (unpaired) electrons. The third kappa shape index (κ3) is 3.91. The minimum atomic E-state index is 0.592. The van der Waals surface area contributed by atoms with Crippen molar-refractivity contribution in [3.63, 3.8) is 0 Å². The van der Waals surface area contributed by atoms with E-state index in [4.69, 9.17) is 4.74 Å². The van der Waals surface area contributed by atoms with Crippen molar-refractivity contribution in [2.45, 2.75) is 18.9 Å². The molecule has 96 valence electrons. The summed E-state index contributed by atoms with van der Waals surface area (Å²) < 4.78 is 6.08. The molecular weight excluding hydrogens is 302 g/mol. The first-order valence-corrected chi connectivity index (χ1v) is 7.55. The summed E-state index contributed by atoms with van der Waals surface area (Å²) in [4.78, 5) is 6.79. The second-order valence-electron chi connectivity index (χ2n) is 4.18. The number of aromatic nitrogens is 1. The summed E-state index contributed by atoms with van der Waals surface area (Å²) in [6.45, 7) is 3.80. The van der Waals surface area contributed by atoms with Crippen LogP contribution in [0.25, 0.3) is 0 Å². The zero-order chi connectivity index (χ0) is 12.1. The molecule has 1 aliphatic heterocycles. The molecule has 2 rings (SSSR count). The topological polar surface area (TPSA) is 37.4 Å². The molecule has 2 heterocycles. The Morgan fingerprint density at radius 3 is 3.18 bits per heavy atom. The highest BCUT2D eigenvalue weighted by Crippen LogP contribution is 2.24. The molecule has 17 heavy (non-hydrogen) atoms. The Kier molecular flexibility index (Phi) is 5.21. The molecule has 0 saturated carbocycles. The molecule has 1 atom stereocenters. The van der Waals surface area contributed by atoms with Gasteiger partial charge in [-0.3, -0.25) is 0 Å². The zero-order valence-electron chi connectivity index (χ0n) is 9.99. The maximum Gasteiger partial charge on any atom is 0.186 e. The molecule has 1 aromatic heterocycles. The number of anilines is 1. The molecule has 0 bridgehead atoms. The van der Waals surface area contributed by atoms with Crippen molar-refractivity contribution in [3.05, 3.63) is 9.98 Å². The number of ether oxygens (including phenoxy) is 1. The normalized spacial score (nSPS) is 19.8. The molecule has 0 amide bonds. The van der Waals surface area contributed by atoms with E-state index in [0.29, 0.717) is 6.04 Å². The molecule has 0 spiro atoms. The highest BCUT2D eigenvalue weighted by molar-refractivity contribution is 9.10. The predicted molar refractivity (Wildman–Crippen MR) is 74.9 cm³/mol. The number of nitrogens with zero attached hydrogens (tertiary/aromatic N) is 2.